The van der Waals surface area contributed by atoms with E-state index in [9.17, 15) is 22.7 Å². The fraction of sp³-hybridized carbons (Fsp3) is 0.318. The minimum Gasteiger partial charge on any atom is -0.478 e. The van der Waals surface area contributed by atoms with Gasteiger partial charge in [-0.1, -0.05) is 0 Å². The van der Waals surface area contributed by atoms with Crippen molar-refractivity contribution in [3.05, 3.63) is 64.9 Å². The van der Waals surface area contributed by atoms with Crippen molar-refractivity contribution < 1.29 is 22.7 Å². The van der Waals surface area contributed by atoms with Crippen molar-refractivity contribution in [2.24, 2.45) is 0 Å². The molecule has 0 aliphatic carbocycles. The first-order chi connectivity index (χ1) is 15.5. The molecule has 0 atom stereocenters. The molecule has 11 heteroatoms. The van der Waals surface area contributed by atoms with Crippen LogP contribution in [0.4, 0.5) is 15.9 Å². The minimum atomic E-state index is -4.03. The number of carboxylic acids is 1. The van der Waals surface area contributed by atoms with Crippen LogP contribution in [-0.4, -0.2) is 47.9 Å². The molecule has 0 saturated heterocycles. The van der Waals surface area contributed by atoms with E-state index in [1.54, 1.807) is 11.9 Å². The van der Waals surface area contributed by atoms with E-state index in [-0.39, 0.29) is 22.0 Å². The molecule has 0 unspecified atom stereocenters. The normalized spacial score (nSPS) is 11.4. The lowest BCUT2D eigenvalue weighted by molar-refractivity contribution is 0.0697. The Morgan fingerprint density at radius 1 is 1.24 bits per heavy atom. The van der Waals surface area contributed by atoms with Gasteiger partial charge in [-0.2, -0.15) is 5.10 Å². The summed E-state index contributed by atoms with van der Waals surface area (Å²) in [5, 5.41) is 14.2. The van der Waals surface area contributed by atoms with Crippen molar-refractivity contribution in [3.8, 4) is 0 Å². The molecular formula is C22H26FN5O4S. The lowest BCUT2D eigenvalue weighted by atomic mass is 10.1. The average Bonchev–Trinajstić information content (AvgIpc) is 3.04. The minimum absolute atomic E-state index is 0.00946. The van der Waals surface area contributed by atoms with Crippen molar-refractivity contribution in [2.75, 3.05) is 23.2 Å². The Balaban J connectivity index is 1.81. The van der Waals surface area contributed by atoms with E-state index in [0.29, 0.717) is 13.0 Å². The maximum absolute atomic E-state index is 13.1. The average molecular weight is 476 g/mol. The van der Waals surface area contributed by atoms with Gasteiger partial charge in [0.1, 0.15) is 17.2 Å². The van der Waals surface area contributed by atoms with Gasteiger partial charge in [-0.05, 0) is 63.1 Å². The van der Waals surface area contributed by atoms with Crippen LogP contribution in [0.1, 0.15) is 34.2 Å². The van der Waals surface area contributed by atoms with E-state index in [1.165, 1.54) is 12.3 Å². The lowest BCUT2D eigenvalue weighted by Crippen LogP contribution is -2.24. The summed E-state index contributed by atoms with van der Waals surface area (Å²) >= 11 is 0. The molecule has 3 aromatic rings. The molecule has 0 fully saturated rings. The molecule has 0 aliphatic rings. The van der Waals surface area contributed by atoms with Gasteiger partial charge in [0, 0.05) is 25.8 Å². The zero-order chi connectivity index (χ0) is 24.3. The summed E-state index contributed by atoms with van der Waals surface area (Å²) in [4.78, 5) is 17.6. The van der Waals surface area contributed by atoms with Gasteiger partial charge in [-0.25, -0.2) is 22.6 Å². The lowest BCUT2D eigenvalue weighted by Gasteiger charge is -2.21. The standard InChI is InChI=1S/C22H26FN5O4S/c1-5-28-15(3)19(14(2)25-28)10-11-27(4)21-20(22(29)30)12-17(13-24-21)26-33(31,32)18-8-6-16(23)7-9-18/h6-9,12-13,26H,5,10-11H2,1-4H3,(H,29,30). The van der Waals surface area contributed by atoms with Crippen molar-refractivity contribution in [3.63, 3.8) is 0 Å². The second-order valence-corrected chi connectivity index (χ2v) is 9.28. The van der Waals surface area contributed by atoms with Gasteiger partial charge in [-0.3, -0.25) is 9.40 Å². The first-order valence-corrected chi connectivity index (χ1v) is 11.8. The number of aromatic carboxylic acids is 1. The van der Waals surface area contributed by atoms with Gasteiger partial charge in [-0.15, -0.1) is 0 Å². The van der Waals surface area contributed by atoms with E-state index in [4.69, 9.17) is 0 Å². The molecule has 2 N–H and O–H groups in total. The predicted octanol–water partition coefficient (Wildman–Crippen LogP) is 3.23. The Morgan fingerprint density at radius 2 is 1.91 bits per heavy atom. The summed E-state index contributed by atoms with van der Waals surface area (Å²) in [6.45, 7) is 7.22. The largest absolute Gasteiger partial charge is 0.478 e. The number of halogens is 1. The Morgan fingerprint density at radius 3 is 2.48 bits per heavy atom. The van der Waals surface area contributed by atoms with Gasteiger partial charge >= 0.3 is 5.97 Å². The van der Waals surface area contributed by atoms with E-state index < -0.39 is 21.8 Å². The van der Waals surface area contributed by atoms with Crippen LogP contribution in [0, 0.1) is 19.7 Å². The molecule has 2 aromatic heterocycles. The molecule has 176 valence electrons. The van der Waals surface area contributed by atoms with Gasteiger partial charge < -0.3 is 10.0 Å². The Kier molecular flexibility index (Phi) is 7.01. The number of likely N-dealkylation sites (N-methyl/N-ethyl adjacent to an activating group) is 1. The SMILES string of the molecule is CCn1nc(C)c(CCN(C)c2ncc(NS(=O)(=O)c3ccc(F)cc3)cc2C(=O)O)c1C. The maximum atomic E-state index is 13.1. The van der Waals surface area contributed by atoms with Gasteiger partial charge in [0.15, 0.2) is 0 Å². The number of benzene rings is 1. The Labute approximate surface area is 191 Å². The molecule has 1 aromatic carbocycles. The van der Waals surface area contributed by atoms with Crippen molar-refractivity contribution in [1.82, 2.24) is 14.8 Å². The highest BCUT2D eigenvalue weighted by Crippen LogP contribution is 2.24. The molecule has 0 amide bonds. The molecular weight excluding hydrogens is 449 g/mol. The molecule has 0 bridgehead atoms. The summed E-state index contributed by atoms with van der Waals surface area (Å²) in [5.41, 5.74) is 2.95. The zero-order valence-corrected chi connectivity index (χ0v) is 19.6. The molecule has 0 aliphatic heterocycles. The van der Waals surface area contributed by atoms with Crippen molar-refractivity contribution in [2.45, 2.75) is 38.6 Å². The van der Waals surface area contributed by atoms with Crippen LogP contribution in [-0.2, 0) is 23.0 Å². The predicted molar refractivity (Wildman–Crippen MR) is 123 cm³/mol. The Bertz CT molecular complexity index is 1270. The number of hydrogen-bond acceptors (Lipinski definition) is 6. The molecule has 2 heterocycles. The number of nitrogens with zero attached hydrogens (tertiary/aromatic N) is 4. The first kappa shape index (κ1) is 24.2. The maximum Gasteiger partial charge on any atom is 0.339 e. The quantitative estimate of drug-likeness (QED) is 0.488. The second-order valence-electron chi connectivity index (χ2n) is 7.60. The fourth-order valence-electron chi connectivity index (χ4n) is 3.59. The van der Waals surface area contributed by atoms with Gasteiger partial charge in [0.2, 0.25) is 0 Å². The summed E-state index contributed by atoms with van der Waals surface area (Å²) in [6, 6.07) is 5.52. The highest BCUT2D eigenvalue weighted by molar-refractivity contribution is 7.92. The smallest absolute Gasteiger partial charge is 0.339 e. The van der Waals surface area contributed by atoms with E-state index in [2.05, 4.69) is 14.8 Å². The first-order valence-electron chi connectivity index (χ1n) is 10.3. The summed E-state index contributed by atoms with van der Waals surface area (Å²) in [6.07, 6.45) is 1.90. The number of aromatic nitrogens is 3. The molecule has 0 spiro atoms. The number of rotatable bonds is 9. The number of aryl methyl sites for hydroxylation is 2. The van der Waals surface area contributed by atoms with Crippen molar-refractivity contribution >= 4 is 27.5 Å². The molecule has 0 saturated carbocycles. The number of carboxylic acid groups (broad SMARTS) is 1. The zero-order valence-electron chi connectivity index (χ0n) is 18.8. The molecule has 33 heavy (non-hydrogen) atoms. The highest BCUT2D eigenvalue weighted by atomic mass is 32.2. The van der Waals surface area contributed by atoms with Gasteiger partial charge in [0.25, 0.3) is 10.0 Å². The van der Waals surface area contributed by atoms with E-state index in [1.807, 2.05) is 25.5 Å². The van der Waals surface area contributed by atoms with Crippen LogP contribution in [0.2, 0.25) is 0 Å². The van der Waals surface area contributed by atoms with Crippen LogP contribution in [0.5, 0.6) is 0 Å². The van der Waals surface area contributed by atoms with Crippen molar-refractivity contribution in [1.29, 1.82) is 0 Å². The topological polar surface area (TPSA) is 117 Å². The molecule has 3 rings (SSSR count). The van der Waals surface area contributed by atoms with E-state index >= 15 is 0 Å². The van der Waals surface area contributed by atoms with Crippen LogP contribution < -0.4 is 9.62 Å². The van der Waals surface area contributed by atoms with Crippen LogP contribution >= 0.6 is 0 Å². The highest BCUT2D eigenvalue weighted by Gasteiger charge is 2.20. The monoisotopic (exact) mass is 475 g/mol. The third-order valence-electron chi connectivity index (χ3n) is 5.36. The van der Waals surface area contributed by atoms with Crippen LogP contribution in [0.15, 0.2) is 41.4 Å². The number of sulfonamides is 1. The summed E-state index contributed by atoms with van der Waals surface area (Å²) in [7, 11) is -2.31. The molecule has 0 radical (unpaired) electrons. The number of nitrogens with one attached hydrogen (secondary N) is 1. The van der Waals surface area contributed by atoms with Crippen LogP contribution in [0.25, 0.3) is 0 Å². The summed E-state index contributed by atoms with van der Waals surface area (Å²) in [5.74, 6) is -1.59. The second kappa shape index (κ2) is 9.57. The number of pyridine rings is 1. The fourth-order valence-corrected chi connectivity index (χ4v) is 4.63. The van der Waals surface area contributed by atoms with E-state index in [0.717, 1.165) is 47.8 Å². The van der Waals surface area contributed by atoms with Crippen LogP contribution in [0.3, 0.4) is 0 Å². The van der Waals surface area contributed by atoms with Gasteiger partial charge in [0.05, 0.1) is 22.5 Å². The Hall–Kier alpha value is -3.47. The number of anilines is 2. The summed E-state index contributed by atoms with van der Waals surface area (Å²) < 4.78 is 42.4. The molecule has 9 nitrogen and oxygen atoms in total. The third kappa shape index (κ3) is 5.30. The third-order valence-corrected chi connectivity index (χ3v) is 6.76. The number of hydrogen-bond donors (Lipinski definition) is 2. The number of carbonyl (C=O) groups is 1.